The van der Waals surface area contributed by atoms with Crippen LogP contribution in [0.4, 0.5) is 0 Å². The summed E-state index contributed by atoms with van der Waals surface area (Å²) < 4.78 is 5.96. The molecule has 2 aromatic rings. The third-order valence-electron chi connectivity index (χ3n) is 4.38. The van der Waals surface area contributed by atoms with E-state index in [2.05, 4.69) is 18.8 Å². The third kappa shape index (κ3) is 5.92. The van der Waals surface area contributed by atoms with Gasteiger partial charge in [-0.1, -0.05) is 32.4 Å². The molecule has 0 aliphatic rings. The van der Waals surface area contributed by atoms with Crippen LogP contribution in [0.2, 0.25) is 5.02 Å². The lowest BCUT2D eigenvalue weighted by atomic mass is 10.1. The summed E-state index contributed by atoms with van der Waals surface area (Å²) in [6.45, 7) is 8.62. The van der Waals surface area contributed by atoms with Crippen molar-refractivity contribution >= 4 is 28.8 Å². The highest BCUT2D eigenvalue weighted by Crippen LogP contribution is 2.27. The van der Waals surface area contributed by atoms with Crippen LogP contribution in [-0.2, 0) is 24.6 Å². The number of carbonyl (C=O) groups is 1. The molecule has 0 radical (unpaired) electrons. The van der Waals surface area contributed by atoms with Gasteiger partial charge in [0.2, 0.25) is 5.91 Å². The van der Waals surface area contributed by atoms with Gasteiger partial charge < -0.3 is 14.7 Å². The quantitative estimate of drug-likeness (QED) is 0.653. The topological polar surface area (TPSA) is 62.7 Å². The molecule has 148 valence electrons. The highest BCUT2D eigenvalue weighted by molar-refractivity contribution is 7.09. The second kappa shape index (κ2) is 10.1. The third-order valence-corrected chi connectivity index (χ3v) is 5.48. The lowest BCUT2D eigenvalue weighted by Gasteiger charge is -2.31. The zero-order valence-corrected chi connectivity index (χ0v) is 17.8. The van der Waals surface area contributed by atoms with Crippen LogP contribution < -0.4 is 4.74 Å². The van der Waals surface area contributed by atoms with Crippen LogP contribution in [0.25, 0.3) is 0 Å². The average molecular weight is 411 g/mol. The predicted octanol–water partition coefficient (Wildman–Crippen LogP) is 4.65. The Morgan fingerprint density at radius 1 is 1.37 bits per heavy atom. The molecule has 27 heavy (non-hydrogen) atoms. The average Bonchev–Trinajstić information content (AvgIpc) is 3.12. The van der Waals surface area contributed by atoms with E-state index in [1.807, 2.05) is 36.3 Å². The van der Waals surface area contributed by atoms with E-state index >= 15 is 0 Å². The number of amides is 1. The Morgan fingerprint density at radius 3 is 2.70 bits per heavy atom. The molecule has 0 bridgehead atoms. The summed E-state index contributed by atoms with van der Waals surface area (Å²) in [6, 6.07) is 5.57. The van der Waals surface area contributed by atoms with Gasteiger partial charge in [0.1, 0.15) is 17.4 Å². The number of thiazole rings is 1. The van der Waals surface area contributed by atoms with E-state index < -0.39 is 0 Å². The molecule has 1 N–H and O–H groups in total. The van der Waals surface area contributed by atoms with Gasteiger partial charge in [-0.15, -0.1) is 11.3 Å². The van der Waals surface area contributed by atoms with Crippen LogP contribution in [0, 0.1) is 5.92 Å². The molecule has 0 aliphatic heterocycles. The van der Waals surface area contributed by atoms with Crippen molar-refractivity contribution in [3.63, 3.8) is 0 Å². The maximum atomic E-state index is 12.7. The first-order valence-electron chi connectivity index (χ1n) is 9.11. The van der Waals surface area contributed by atoms with E-state index in [1.54, 1.807) is 6.07 Å². The van der Waals surface area contributed by atoms with Gasteiger partial charge in [0.05, 0.1) is 12.3 Å². The van der Waals surface area contributed by atoms with Gasteiger partial charge in [0.25, 0.3) is 0 Å². The minimum Gasteiger partial charge on any atom is -0.486 e. The van der Waals surface area contributed by atoms with E-state index in [-0.39, 0.29) is 24.5 Å². The first-order chi connectivity index (χ1) is 12.8. The number of rotatable bonds is 9. The number of ether oxygens (including phenoxy) is 1. The number of benzene rings is 1. The van der Waals surface area contributed by atoms with E-state index in [0.29, 0.717) is 29.6 Å². The van der Waals surface area contributed by atoms with Gasteiger partial charge in [0.15, 0.2) is 0 Å². The normalized spacial score (nSPS) is 12.3. The van der Waals surface area contributed by atoms with Crippen molar-refractivity contribution in [2.24, 2.45) is 5.92 Å². The number of nitrogens with zero attached hydrogens (tertiary/aromatic N) is 2. The standard InChI is InChI=1S/C20H27ClN2O3S/c1-5-14(4)23(20(25)13(2)3)9-15-8-16(21)6-7-18(15)26-11-19-22-17(10-24)12-27-19/h6-8,12-14,24H,5,9-11H2,1-4H3. The smallest absolute Gasteiger partial charge is 0.225 e. The molecule has 0 saturated carbocycles. The van der Waals surface area contributed by atoms with E-state index in [9.17, 15) is 4.79 Å². The van der Waals surface area contributed by atoms with Crippen LogP contribution in [0.1, 0.15) is 50.4 Å². The fourth-order valence-electron chi connectivity index (χ4n) is 2.63. The van der Waals surface area contributed by atoms with Crippen LogP contribution >= 0.6 is 22.9 Å². The molecule has 1 aromatic carbocycles. The summed E-state index contributed by atoms with van der Waals surface area (Å²) in [7, 11) is 0. The van der Waals surface area contributed by atoms with Crippen molar-refractivity contribution in [1.29, 1.82) is 0 Å². The molecular formula is C20H27ClN2O3S. The number of aromatic nitrogens is 1. The Kier molecular flexibility index (Phi) is 8.07. The second-order valence-electron chi connectivity index (χ2n) is 6.81. The van der Waals surface area contributed by atoms with Crippen molar-refractivity contribution in [3.8, 4) is 5.75 Å². The maximum absolute atomic E-state index is 12.7. The Hall–Kier alpha value is -1.63. The van der Waals surface area contributed by atoms with Crippen LogP contribution in [0.5, 0.6) is 5.75 Å². The van der Waals surface area contributed by atoms with E-state index in [4.69, 9.17) is 21.4 Å². The van der Waals surface area contributed by atoms with Gasteiger partial charge >= 0.3 is 0 Å². The largest absolute Gasteiger partial charge is 0.486 e. The van der Waals surface area contributed by atoms with Gasteiger partial charge in [-0.2, -0.15) is 0 Å². The molecule has 0 saturated heterocycles. The van der Waals surface area contributed by atoms with Gasteiger partial charge in [-0.05, 0) is 31.5 Å². The Morgan fingerprint density at radius 2 is 2.11 bits per heavy atom. The van der Waals surface area contributed by atoms with Gasteiger partial charge in [-0.25, -0.2) is 4.98 Å². The minimum atomic E-state index is -0.0795. The van der Waals surface area contributed by atoms with Gasteiger partial charge in [-0.3, -0.25) is 4.79 Å². The summed E-state index contributed by atoms with van der Waals surface area (Å²) >= 11 is 7.64. The number of aliphatic hydroxyl groups excluding tert-OH is 1. The minimum absolute atomic E-state index is 0.0743. The maximum Gasteiger partial charge on any atom is 0.225 e. The van der Waals surface area contributed by atoms with Gasteiger partial charge in [0, 0.05) is 34.5 Å². The van der Waals surface area contributed by atoms with Crippen molar-refractivity contribution in [3.05, 3.63) is 44.9 Å². The SMILES string of the molecule is CCC(C)N(Cc1cc(Cl)ccc1OCc1nc(CO)cs1)C(=O)C(C)C. The van der Waals surface area contributed by atoms with Crippen molar-refractivity contribution in [2.45, 2.75) is 59.9 Å². The number of hydrogen-bond acceptors (Lipinski definition) is 5. The number of hydrogen-bond donors (Lipinski definition) is 1. The van der Waals surface area contributed by atoms with Crippen LogP contribution in [0.15, 0.2) is 23.6 Å². The molecule has 1 amide bonds. The highest BCUT2D eigenvalue weighted by Gasteiger charge is 2.23. The fourth-order valence-corrected chi connectivity index (χ4v) is 3.52. The highest BCUT2D eigenvalue weighted by atomic mass is 35.5. The number of carbonyl (C=O) groups excluding carboxylic acids is 1. The lowest BCUT2D eigenvalue weighted by molar-refractivity contribution is -0.137. The number of aliphatic hydroxyl groups is 1. The summed E-state index contributed by atoms with van der Waals surface area (Å²) in [6.07, 6.45) is 0.873. The van der Waals surface area contributed by atoms with Crippen molar-refractivity contribution in [1.82, 2.24) is 9.88 Å². The molecule has 0 fully saturated rings. The molecule has 1 heterocycles. The van der Waals surface area contributed by atoms with E-state index in [1.165, 1.54) is 11.3 Å². The summed E-state index contributed by atoms with van der Waals surface area (Å²) in [4.78, 5) is 18.9. The second-order valence-corrected chi connectivity index (χ2v) is 8.19. The molecule has 1 aromatic heterocycles. The summed E-state index contributed by atoms with van der Waals surface area (Å²) in [5, 5.41) is 12.3. The molecule has 5 nitrogen and oxygen atoms in total. The summed E-state index contributed by atoms with van der Waals surface area (Å²) in [5.41, 5.74) is 1.51. The zero-order chi connectivity index (χ0) is 20.0. The molecular weight excluding hydrogens is 384 g/mol. The molecule has 1 atom stereocenters. The monoisotopic (exact) mass is 410 g/mol. The Balaban J connectivity index is 2.21. The van der Waals surface area contributed by atoms with Crippen molar-refractivity contribution in [2.75, 3.05) is 0 Å². The number of halogens is 1. The molecule has 2 rings (SSSR count). The lowest BCUT2D eigenvalue weighted by Crippen LogP contribution is -2.40. The molecule has 0 spiro atoms. The molecule has 0 aliphatic carbocycles. The molecule has 1 unspecified atom stereocenters. The first-order valence-corrected chi connectivity index (χ1v) is 10.4. The van der Waals surface area contributed by atoms with Crippen molar-refractivity contribution < 1.29 is 14.6 Å². The first kappa shape index (κ1) is 21.7. The predicted molar refractivity (Wildman–Crippen MR) is 109 cm³/mol. The Bertz CT molecular complexity index is 763. The zero-order valence-electron chi connectivity index (χ0n) is 16.2. The fraction of sp³-hybridized carbons (Fsp3) is 0.500. The van der Waals surface area contributed by atoms with Crippen LogP contribution in [-0.4, -0.2) is 26.9 Å². The van der Waals surface area contributed by atoms with Crippen LogP contribution in [0.3, 0.4) is 0 Å². The summed E-state index contributed by atoms with van der Waals surface area (Å²) in [5.74, 6) is 0.725. The van der Waals surface area contributed by atoms with E-state index in [0.717, 1.165) is 17.0 Å². The molecule has 7 heteroatoms. The Labute approximate surface area is 169 Å².